The van der Waals surface area contributed by atoms with Crippen molar-refractivity contribution in [2.24, 2.45) is 0 Å². The first kappa shape index (κ1) is 18.4. The molecule has 1 atom stereocenters. The topological polar surface area (TPSA) is 80.7 Å². The minimum atomic E-state index is -5.11. The number of alkyl halides is 3. The number of halogens is 3. The third kappa shape index (κ3) is 4.99. The van der Waals surface area contributed by atoms with Crippen molar-refractivity contribution in [2.45, 2.75) is 31.5 Å². The molecule has 0 radical (unpaired) electrons. The molecule has 1 N–H and O–H groups in total. The molecule has 22 heavy (non-hydrogen) atoms. The molecule has 0 spiro atoms. The van der Waals surface area contributed by atoms with Crippen LogP contribution in [-0.4, -0.2) is 37.0 Å². The molecule has 0 saturated heterocycles. The van der Waals surface area contributed by atoms with Crippen LogP contribution in [0.1, 0.15) is 19.4 Å². The Balaban J connectivity index is 3.01. The van der Waals surface area contributed by atoms with Crippen LogP contribution in [0, 0.1) is 0 Å². The molecule has 0 bridgehead atoms. The van der Waals surface area contributed by atoms with E-state index in [0.717, 1.165) is 0 Å². The first-order valence-corrected chi connectivity index (χ1v) is 7.73. The van der Waals surface area contributed by atoms with Crippen LogP contribution in [0.2, 0.25) is 0 Å². The summed E-state index contributed by atoms with van der Waals surface area (Å²) < 4.78 is 72.4. The molecule has 0 aromatic heterocycles. The van der Waals surface area contributed by atoms with Gasteiger partial charge in [-0.25, -0.2) is 0 Å². The lowest BCUT2D eigenvalue weighted by molar-refractivity contribution is -0.218. The second kappa shape index (κ2) is 6.25. The van der Waals surface area contributed by atoms with Gasteiger partial charge in [-0.3, -0.25) is 9.35 Å². The molecule has 1 aromatic rings. The van der Waals surface area contributed by atoms with E-state index in [2.05, 4.69) is 4.74 Å². The molecule has 5 nitrogen and oxygen atoms in total. The van der Waals surface area contributed by atoms with E-state index < -0.39 is 39.5 Å². The van der Waals surface area contributed by atoms with Gasteiger partial charge in [0, 0.05) is 0 Å². The zero-order valence-electron chi connectivity index (χ0n) is 11.8. The molecule has 124 valence electrons. The Morgan fingerprint density at radius 2 is 1.73 bits per heavy atom. The Kier molecular flexibility index (Phi) is 5.24. The van der Waals surface area contributed by atoms with E-state index >= 15 is 0 Å². The van der Waals surface area contributed by atoms with Crippen molar-refractivity contribution < 1.29 is 35.7 Å². The van der Waals surface area contributed by atoms with Crippen LogP contribution in [0.4, 0.5) is 13.2 Å². The highest BCUT2D eigenvalue weighted by molar-refractivity contribution is 7.85. The lowest BCUT2D eigenvalue weighted by atomic mass is 9.85. The van der Waals surface area contributed by atoms with E-state index in [0.29, 0.717) is 5.56 Å². The Morgan fingerprint density at radius 3 is 2.14 bits per heavy atom. The van der Waals surface area contributed by atoms with Crippen molar-refractivity contribution in [2.75, 3.05) is 5.75 Å². The van der Waals surface area contributed by atoms with Crippen LogP contribution in [0.15, 0.2) is 30.3 Å². The van der Waals surface area contributed by atoms with Crippen LogP contribution < -0.4 is 0 Å². The third-order valence-electron chi connectivity index (χ3n) is 2.98. The van der Waals surface area contributed by atoms with Gasteiger partial charge in [-0.2, -0.15) is 21.6 Å². The van der Waals surface area contributed by atoms with E-state index in [-0.39, 0.29) is 0 Å². The third-order valence-corrected chi connectivity index (χ3v) is 3.71. The Morgan fingerprint density at radius 1 is 1.23 bits per heavy atom. The van der Waals surface area contributed by atoms with E-state index in [4.69, 9.17) is 4.55 Å². The highest BCUT2D eigenvalue weighted by atomic mass is 32.2. The molecular formula is C13H15F3O5S. The summed E-state index contributed by atoms with van der Waals surface area (Å²) in [6.45, 7) is 2.71. The summed E-state index contributed by atoms with van der Waals surface area (Å²) in [6.07, 6.45) is -8.05. The summed E-state index contributed by atoms with van der Waals surface area (Å²) in [4.78, 5) is 12.0. The predicted molar refractivity (Wildman–Crippen MR) is 71.8 cm³/mol. The van der Waals surface area contributed by atoms with E-state index in [1.165, 1.54) is 26.0 Å². The standard InChI is InChI=1S/C13H15F3O5S/c1-12(2,9-6-4-3-5-7-9)11(17)21-10(13(14,15)16)8-22(18,19)20/h3-7,10H,8H2,1-2H3,(H,18,19,20). The van der Waals surface area contributed by atoms with Crippen LogP contribution >= 0.6 is 0 Å². The minimum absolute atomic E-state index is 0.410. The van der Waals surface area contributed by atoms with E-state index in [1.54, 1.807) is 18.2 Å². The molecule has 0 heterocycles. The van der Waals surface area contributed by atoms with Crippen LogP contribution in [-0.2, 0) is 25.1 Å². The zero-order valence-corrected chi connectivity index (χ0v) is 12.6. The van der Waals surface area contributed by atoms with Crippen molar-refractivity contribution in [3.05, 3.63) is 35.9 Å². The van der Waals surface area contributed by atoms with Crippen molar-refractivity contribution in [3.8, 4) is 0 Å². The monoisotopic (exact) mass is 340 g/mol. The lowest BCUT2D eigenvalue weighted by Crippen LogP contribution is -2.43. The molecular weight excluding hydrogens is 325 g/mol. The zero-order chi connectivity index (χ0) is 17.2. The van der Waals surface area contributed by atoms with Gasteiger partial charge >= 0.3 is 12.1 Å². The van der Waals surface area contributed by atoms with Gasteiger partial charge in [0.05, 0.1) is 5.41 Å². The first-order valence-electron chi connectivity index (χ1n) is 6.12. The smallest absolute Gasteiger partial charge is 0.426 e. The SMILES string of the molecule is CC(C)(C(=O)OC(CS(=O)(=O)O)C(F)(F)F)c1ccccc1. The van der Waals surface area contributed by atoms with Crippen LogP contribution in [0.25, 0.3) is 0 Å². The molecule has 0 amide bonds. The normalized spacial score (nSPS) is 14.5. The largest absolute Gasteiger partial charge is 0.451 e. The van der Waals surface area contributed by atoms with Gasteiger partial charge in [-0.15, -0.1) is 0 Å². The van der Waals surface area contributed by atoms with E-state index in [9.17, 15) is 26.4 Å². The van der Waals surface area contributed by atoms with Crippen LogP contribution in [0.5, 0.6) is 0 Å². The molecule has 0 aliphatic rings. The number of esters is 1. The number of carbonyl (C=O) groups is 1. The summed E-state index contributed by atoms with van der Waals surface area (Å²) in [5, 5.41) is 0. The fourth-order valence-electron chi connectivity index (χ4n) is 1.64. The number of hydrogen-bond acceptors (Lipinski definition) is 4. The average Bonchev–Trinajstić information content (AvgIpc) is 2.36. The molecule has 1 rings (SSSR count). The van der Waals surface area contributed by atoms with Crippen molar-refractivity contribution >= 4 is 16.1 Å². The summed E-state index contributed by atoms with van der Waals surface area (Å²) >= 11 is 0. The van der Waals surface area contributed by atoms with Gasteiger partial charge < -0.3 is 4.74 Å². The van der Waals surface area contributed by atoms with Crippen LogP contribution in [0.3, 0.4) is 0 Å². The fourth-order valence-corrected chi connectivity index (χ4v) is 2.28. The second-order valence-electron chi connectivity index (χ2n) is 5.18. The predicted octanol–water partition coefficient (Wildman–Crippen LogP) is 2.33. The Labute approximate surface area is 125 Å². The fraction of sp³-hybridized carbons (Fsp3) is 0.462. The van der Waals surface area contributed by atoms with Crippen molar-refractivity contribution in [1.29, 1.82) is 0 Å². The number of rotatable bonds is 5. The summed E-state index contributed by atoms with van der Waals surface area (Å²) in [7, 11) is -4.96. The number of benzene rings is 1. The maximum absolute atomic E-state index is 12.7. The summed E-state index contributed by atoms with van der Waals surface area (Å²) in [5.74, 6) is -2.99. The average molecular weight is 340 g/mol. The molecule has 0 aliphatic heterocycles. The van der Waals surface area contributed by atoms with Gasteiger partial charge in [0.1, 0.15) is 5.75 Å². The van der Waals surface area contributed by atoms with Gasteiger partial charge in [0.15, 0.2) is 0 Å². The highest BCUT2D eigenvalue weighted by Crippen LogP contribution is 2.29. The molecule has 1 unspecified atom stereocenters. The minimum Gasteiger partial charge on any atom is -0.451 e. The maximum Gasteiger partial charge on any atom is 0.426 e. The molecule has 1 aromatic carbocycles. The second-order valence-corrected chi connectivity index (χ2v) is 6.67. The quantitative estimate of drug-likeness (QED) is 0.657. The summed E-state index contributed by atoms with van der Waals surface area (Å²) in [6, 6.07) is 7.94. The first-order chi connectivity index (χ1) is 9.84. The molecule has 0 aliphatic carbocycles. The van der Waals surface area contributed by atoms with Gasteiger partial charge in [-0.1, -0.05) is 30.3 Å². The molecule has 0 saturated carbocycles. The van der Waals surface area contributed by atoms with E-state index in [1.807, 2.05) is 0 Å². The lowest BCUT2D eigenvalue weighted by Gasteiger charge is -2.27. The van der Waals surface area contributed by atoms with Crippen molar-refractivity contribution in [3.63, 3.8) is 0 Å². The molecule has 0 fully saturated rings. The summed E-state index contributed by atoms with van der Waals surface area (Å²) in [5.41, 5.74) is -1.00. The van der Waals surface area contributed by atoms with Gasteiger partial charge in [-0.05, 0) is 19.4 Å². The van der Waals surface area contributed by atoms with Gasteiger partial charge in [0.25, 0.3) is 10.1 Å². The van der Waals surface area contributed by atoms with Crippen molar-refractivity contribution in [1.82, 2.24) is 0 Å². The molecule has 9 heteroatoms. The maximum atomic E-state index is 12.7. The Bertz CT molecular complexity index is 623. The highest BCUT2D eigenvalue weighted by Gasteiger charge is 2.47. The number of ether oxygens (including phenoxy) is 1. The Hall–Kier alpha value is -1.61. The van der Waals surface area contributed by atoms with Gasteiger partial charge in [0.2, 0.25) is 6.10 Å². The number of hydrogen-bond donors (Lipinski definition) is 1. The number of carbonyl (C=O) groups excluding carboxylic acids is 1.